The van der Waals surface area contributed by atoms with Gasteiger partial charge in [0, 0.05) is 35.7 Å². The molecule has 1 saturated carbocycles. The van der Waals surface area contributed by atoms with E-state index in [0.29, 0.717) is 23.8 Å². The van der Waals surface area contributed by atoms with Crippen molar-refractivity contribution in [2.75, 3.05) is 11.9 Å². The van der Waals surface area contributed by atoms with Crippen molar-refractivity contribution < 1.29 is 9.84 Å². The van der Waals surface area contributed by atoms with Crippen LogP contribution < -0.4 is 5.32 Å². The number of hydrogen-bond donors (Lipinski definition) is 2. The second-order valence-electron chi connectivity index (χ2n) is 6.09. The molecule has 3 nitrogen and oxygen atoms in total. The van der Waals surface area contributed by atoms with Crippen LogP contribution in [0.4, 0.5) is 5.69 Å². The highest BCUT2D eigenvalue weighted by Gasteiger charge is 2.57. The number of nitrogens with one attached hydrogen (secondary N) is 1. The summed E-state index contributed by atoms with van der Waals surface area (Å²) in [5, 5.41) is 13.1. The molecule has 3 atom stereocenters. The van der Waals surface area contributed by atoms with Crippen LogP contribution in [0.3, 0.4) is 0 Å². The smallest absolute Gasteiger partial charge is 0.117 e. The fourth-order valence-corrected chi connectivity index (χ4v) is 3.59. The first-order valence-electron chi connectivity index (χ1n) is 6.76. The van der Waals surface area contributed by atoms with Crippen LogP contribution in [0, 0.1) is 11.3 Å². The van der Waals surface area contributed by atoms with E-state index in [2.05, 4.69) is 19.2 Å². The minimum atomic E-state index is 0.163. The standard InChI is InChI=1S/C15H21NO2/c1-15(2)13(12-7-4-8-18-14(12)15)16-10-5-3-6-11(17)9-10/h3,5-6,9,12-14,16-17H,4,7-8H2,1-2H3. The highest BCUT2D eigenvalue weighted by atomic mass is 16.5. The van der Waals surface area contributed by atoms with Crippen molar-refractivity contribution in [2.45, 2.75) is 38.8 Å². The molecule has 0 amide bonds. The van der Waals surface area contributed by atoms with E-state index in [1.807, 2.05) is 12.1 Å². The van der Waals surface area contributed by atoms with Crippen LogP contribution >= 0.6 is 0 Å². The minimum absolute atomic E-state index is 0.163. The van der Waals surface area contributed by atoms with Crippen LogP contribution in [-0.4, -0.2) is 23.9 Å². The number of phenolic OH excluding ortho intramolecular Hbond substituents is 1. The third-order valence-electron chi connectivity index (χ3n) is 4.50. The van der Waals surface area contributed by atoms with Crippen LogP contribution in [0.5, 0.6) is 5.75 Å². The maximum Gasteiger partial charge on any atom is 0.117 e. The molecule has 1 aliphatic heterocycles. The van der Waals surface area contributed by atoms with E-state index < -0.39 is 0 Å². The number of rotatable bonds is 2. The Balaban J connectivity index is 1.76. The Morgan fingerprint density at radius 1 is 1.39 bits per heavy atom. The molecular weight excluding hydrogens is 226 g/mol. The van der Waals surface area contributed by atoms with Crippen LogP contribution in [-0.2, 0) is 4.74 Å². The maximum atomic E-state index is 9.51. The lowest BCUT2D eigenvalue weighted by Crippen LogP contribution is -2.67. The lowest BCUT2D eigenvalue weighted by Gasteiger charge is -2.60. The molecule has 0 aromatic heterocycles. The van der Waals surface area contributed by atoms with Gasteiger partial charge in [-0.05, 0) is 25.0 Å². The molecule has 1 saturated heterocycles. The zero-order valence-electron chi connectivity index (χ0n) is 11.0. The summed E-state index contributed by atoms with van der Waals surface area (Å²) in [6.45, 7) is 5.43. The normalized spacial score (nSPS) is 33.3. The number of phenols is 1. The van der Waals surface area contributed by atoms with Crippen LogP contribution in [0.25, 0.3) is 0 Å². The molecule has 18 heavy (non-hydrogen) atoms. The molecule has 1 aromatic rings. The van der Waals surface area contributed by atoms with Crippen molar-refractivity contribution >= 4 is 5.69 Å². The van der Waals surface area contributed by atoms with Crippen LogP contribution in [0.15, 0.2) is 24.3 Å². The van der Waals surface area contributed by atoms with Crippen LogP contribution in [0.1, 0.15) is 26.7 Å². The summed E-state index contributed by atoms with van der Waals surface area (Å²) in [7, 11) is 0. The van der Waals surface area contributed by atoms with Gasteiger partial charge in [-0.25, -0.2) is 0 Å². The first kappa shape index (κ1) is 11.8. The van der Waals surface area contributed by atoms with E-state index in [0.717, 1.165) is 18.7 Å². The summed E-state index contributed by atoms with van der Waals surface area (Å²) in [5.41, 5.74) is 1.16. The minimum Gasteiger partial charge on any atom is -0.508 e. The van der Waals surface area contributed by atoms with Crippen molar-refractivity contribution in [3.8, 4) is 5.75 Å². The molecular formula is C15H21NO2. The van der Waals surface area contributed by atoms with E-state index >= 15 is 0 Å². The Kier molecular flexibility index (Phi) is 2.74. The lowest BCUT2D eigenvalue weighted by atomic mass is 9.55. The number of aromatic hydroxyl groups is 1. The summed E-state index contributed by atoms with van der Waals surface area (Å²) in [6, 6.07) is 7.80. The van der Waals surface area contributed by atoms with Gasteiger partial charge in [-0.2, -0.15) is 0 Å². The van der Waals surface area contributed by atoms with Crippen molar-refractivity contribution in [3.63, 3.8) is 0 Å². The Labute approximate surface area is 108 Å². The molecule has 1 aromatic carbocycles. The monoisotopic (exact) mass is 247 g/mol. The number of fused-ring (bicyclic) bond motifs is 1. The van der Waals surface area contributed by atoms with E-state index in [9.17, 15) is 5.11 Å². The van der Waals surface area contributed by atoms with Gasteiger partial charge in [0.2, 0.25) is 0 Å². The molecule has 3 unspecified atom stereocenters. The average Bonchev–Trinajstić information content (AvgIpc) is 2.36. The third kappa shape index (κ3) is 1.77. The van der Waals surface area contributed by atoms with E-state index in [-0.39, 0.29) is 5.41 Å². The van der Waals surface area contributed by atoms with Gasteiger partial charge in [0.15, 0.2) is 0 Å². The predicted octanol–water partition coefficient (Wildman–Crippen LogP) is 3.01. The molecule has 1 heterocycles. The third-order valence-corrected chi connectivity index (χ3v) is 4.50. The largest absolute Gasteiger partial charge is 0.508 e. The number of anilines is 1. The van der Waals surface area contributed by atoms with Gasteiger partial charge in [0.05, 0.1) is 6.10 Å². The summed E-state index contributed by atoms with van der Waals surface area (Å²) in [5.74, 6) is 0.921. The molecule has 0 spiro atoms. The summed E-state index contributed by atoms with van der Waals surface area (Å²) in [4.78, 5) is 0. The fraction of sp³-hybridized carbons (Fsp3) is 0.600. The van der Waals surface area contributed by atoms with Gasteiger partial charge in [-0.1, -0.05) is 19.9 Å². The molecule has 0 radical (unpaired) electrons. The number of ether oxygens (including phenoxy) is 1. The zero-order chi connectivity index (χ0) is 12.8. The second kappa shape index (κ2) is 4.16. The summed E-state index contributed by atoms with van der Waals surface area (Å²) in [6.07, 6.45) is 2.79. The number of benzene rings is 1. The van der Waals surface area contributed by atoms with Crippen molar-refractivity contribution in [3.05, 3.63) is 24.3 Å². The first-order valence-corrected chi connectivity index (χ1v) is 6.76. The summed E-state index contributed by atoms with van der Waals surface area (Å²) < 4.78 is 5.89. The molecule has 2 fully saturated rings. The Hall–Kier alpha value is -1.22. The van der Waals surface area contributed by atoms with Gasteiger partial charge < -0.3 is 15.2 Å². The lowest BCUT2D eigenvalue weighted by molar-refractivity contribution is -0.177. The van der Waals surface area contributed by atoms with E-state index in [4.69, 9.17) is 4.74 Å². The van der Waals surface area contributed by atoms with E-state index in [1.165, 1.54) is 6.42 Å². The van der Waals surface area contributed by atoms with Crippen molar-refractivity contribution in [2.24, 2.45) is 11.3 Å². The van der Waals surface area contributed by atoms with Crippen molar-refractivity contribution in [1.29, 1.82) is 0 Å². The van der Waals surface area contributed by atoms with Gasteiger partial charge in [0.1, 0.15) is 5.75 Å². The maximum absolute atomic E-state index is 9.51. The van der Waals surface area contributed by atoms with Gasteiger partial charge >= 0.3 is 0 Å². The number of hydrogen-bond acceptors (Lipinski definition) is 3. The van der Waals surface area contributed by atoms with E-state index in [1.54, 1.807) is 12.1 Å². The molecule has 3 heteroatoms. The first-order chi connectivity index (χ1) is 8.59. The van der Waals surface area contributed by atoms with Gasteiger partial charge in [-0.15, -0.1) is 0 Å². The Morgan fingerprint density at radius 3 is 3.00 bits per heavy atom. The highest BCUT2D eigenvalue weighted by molar-refractivity contribution is 5.49. The highest BCUT2D eigenvalue weighted by Crippen LogP contribution is 2.52. The topological polar surface area (TPSA) is 41.5 Å². The van der Waals surface area contributed by atoms with Gasteiger partial charge in [0.25, 0.3) is 0 Å². The quantitative estimate of drug-likeness (QED) is 0.844. The predicted molar refractivity (Wildman–Crippen MR) is 71.8 cm³/mol. The fourth-order valence-electron chi connectivity index (χ4n) is 3.59. The molecule has 98 valence electrons. The second-order valence-corrected chi connectivity index (χ2v) is 6.09. The zero-order valence-corrected chi connectivity index (χ0v) is 11.0. The molecule has 2 aliphatic rings. The Morgan fingerprint density at radius 2 is 2.22 bits per heavy atom. The van der Waals surface area contributed by atoms with Crippen LogP contribution in [0.2, 0.25) is 0 Å². The SMILES string of the molecule is CC1(C)C(Nc2cccc(O)c2)C2CCCOC21. The average molecular weight is 247 g/mol. The molecule has 2 N–H and O–H groups in total. The Bertz CT molecular complexity index is 444. The van der Waals surface area contributed by atoms with Gasteiger partial charge in [-0.3, -0.25) is 0 Å². The summed E-state index contributed by atoms with van der Waals surface area (Å²) >= 11 is 0. The molecule has 3 rings (SSSR count). The molecule has 1 aliphatic carbocycles. The molecule has 0 bridgehead atoms. The van der Waals surface area contributed by atoms with Crippen molar-refractivity contribution in [1.82, 2.24) is 0 Å².